The molecule has 1 aromatic carbocycles. The fraction of sp³-hybridized carbons (Fsp3) is 0.476. The Bertz CT molecular complexity index is 821. The van der Waals surface area contributed by atoms with Crippen LogP contribution in [-0.4, -0.2) is 48.2 Å². The molecule has 0 bridgehead atoms. The second kappa shape index (κ2) is 8.14. The number of rotatable bonds is 5. The SMILES string of the molecule is CC(C)CC1Nc2ncnc(N3CCOCC3)c2N(Cc2ccccc2)C1=O. The van der Waals surface area contributed by atoms with E-state index in [1.165, 1.54) is 0 Å². The molecule has 1 saturated heterocycles. The molecule has 3 heterocycles. The topological polar surface area (TPSA) is 70.6 Å². The average Bonchev–Trinajstić information content (AvgIpc) is 2.71. The van der Waals surface area contributed by atoms with E-state index in [1.54, 1.807) is 6.33 Å². The van der Waals surface area contributed by atoms with E-state index in [0.717, 1.165) is 42.4 Å². The van der Waals surface area contributed by atoms with Crippen molar-refractivity contribution < 1.29 is 9.53 Å². The summed E-state index contributed by atoms with van der Waals surface area (Å²) in [6.45, 7) is 7.60. The van der Waals surface area contributed by atoms with Crippen LogP contribution < -0.4 is 15.1 Å². The van der Waals surface area contributed by atoms with E-state index in [-0.39, 0.29) is 11.9 Å². The van der Waals surface area contributed by atoms with Crippen LogP contribution >= 0.6 is 0 Å². The summed E-state index contributed by atoms with van der Waals surface area (Å²) >= 11 is 0. The van der Waals surface area contributed by atoms with Crippen molar-refractivity contribution in [1.29, 1.82) is 0 Å². The van der Waals surface area contributed by atoms with E-state index in [2.05, 4.69) is 34.0 Å². The summed E-state index contributed by atoms with van der Waals surface area (Å²) in [7, 11) is 0. The second-order valence-corrected chi connectivity index (χ2v) is 7.73. The van der Waals surface area contributed by atoms with E-state index in [0.29, 0.717) is 25.7 Å². The highest BCUT2D eigenvalue weighted by Crippen LogP contribution is 2.39. The van der Waals surface area contributed by atoms with Crippen LogP contribution in [0.2, 0.25) is 0 Å². The molecule has 1 atom stereocenters. The van der Waals surface area contributed by atoms with Crippen LogP contribution in [0.5, 0.6) is 0 Å². The average molecular weight is 381 g/mol. The standard InChI is InChI=1S/C21H27N5O2/c1-15(2)12-17-21(27)26(13-16-6-4-3-5-7-16)18-19(24-17)22-14-23-20(18)25-8-10-28-11-9-25/h3-7,14-15,17H,8-13H2,1-2H3,(H,22,23,24). The molecule has 1 aromatic heterocycles. The molecule has 4 rings (SSSR count). The normalized spacial score (nSPS) is 19.5. The van der Waals surface area contributed by atoms with Crippen molar-refractivity contribution in [2.24, 2.45) is 5.92 Å². The van der Waals surface area contributed by atoms with Crippen molar-refractivity contribution >= 4 is 23.2 Å². The van der Waals surface area contributed by atoms with Gasteiger partial charge < -0.3 is 15.0 Å². The predicted molar refractivity (Wildman–Crippen MR) is 110 cm³/mol. The molecule has 0 radical (unpaired) electrons. The molecule has 0 saturated carbocycles. The van der Waals surface area contributed by atoms with Gasteiger partial charge in [-0.1, -0.05) is 44.2 Å². The maximum atomic E-state index is 13.4. The Labute approximate surface area is 165 Å². The molecule has 1 amide bonds. The first-order valence-electron chi connectivity index (χ1n) is 9.93. The Balaban J connectivity index is 1.75. The van der Waals surface area contributed by atoms with Gasteiger partial charge in [0.15, 0.2) is 11.6 Å². The van der Waals surface area contributed by atoms with Gasteiger partial charge in [0.2, 0.25) is 5.91 Å². The summed E-state index contributed by atoms with van der Waals surface area (Å²) in [4.78, 5) is 26.5. The second-order valence-electron chi connectivity index (χ2n) is 7.73. The van der Waals surface area contributed by atoms with E-state index in [1.807, 2.05) is 35.2 Å². The van der Waals surface area contributed by atoms with Crippen molar-refractivity contribution in [3.05, 3.63) is 42.2 Å². The molecule has 1 unspecified atom stereocenters. The minimum atomic E-state index is -0.274. The first-order valence-corrected chi connectivity index (χ1v) is 9.93. The Morgan fingerprint density at radius 3 is 2.64 bits per heavy atom. The van der Waals surface area contributed by atoms with Crippen molar-refractivity contribution in [3.8, 4) is 0 Å². The number of nitrogens with zero attached hydrogens (tertiary/aromatic N) is 4. The van der Waals surface area contributed by atoms with E-state index < -0.39 is 0 Å². The maximum absolute atomic E-state index is 13.4. The molecular formula is C21H27N5O2. The Kier molecular flexibility index (Phi) is 5.43. The number of benzene rings is 1. The van der Waals surface area contributed by atoms with Crippen molar-refractivity contribution in [1.82, 2.24) is 9.97 Å². The molecule has 28 heavy (non-hydrogen) atoms. The summed E-state index contributed by atoms with van der Waals surface area (Å²) < 4.78 is 5.49. The van der Waals surface area contributed by atoms with E-state index in [9.17, 15) is 4.79 Å². The molecule has 0 aliphatic carbocycles. The van der Waals surface area contributed by atoms with Gasteiger partial charge in [-0.05, 0) is 17.9 Å². The summed E-state index contributed by atoms with van der Waals surface area (Å²) in [5, 5.41) is 3.37. The Hall–Kier alpha value is -2.67. The van der Waals surface area contributed by atoms with Gasteiger partial charge in [-0.15, -0.1) is 0 Å². The third-order valence-electron chi connectivity index (χ3n) is 5.15. The smallest absolute Gasteiger partial charge is 0.250 e. The molecule has 148 valence electrons. The zero-order valence-corrected chi connectivity index (χ0v) is 16.5. The third kappa shape index (κ3) is 3.80. The summed E-state index contributed by atoms with van der Waals surface area (Å²) in [5.41, 5.74) is 1.86. The van der Waals surface area contributed by atoms with Crippen molar-refractivity contribution in [2.75, 3.05) is 41.4 Å². The van der Waals surface area contributed by atoms with Crippen molar-refractivity contribution in [3.63, 3.8) is 0 Å². The molecule has 2 aromatic rings. The fourth-order valence-corrected chi connectivity index (χ4v) is 3.81. The fourth-order valence-electron chi connectivity index (χ4n) is 3.81. The number of hydrogen-bond acceptors (Lipinski definition) is 6. The monoisotopic (exact) mass is 381 g/mol. The maximum Gasteiger partial charge on any atom is 0.250 e. The van der Waals surface area contributed by atoms with E-state index >= 15 is 0 Å². The molecule has 7 nitrogen and oxygen atoms in total. The number of carbonyl (C=O) groups is 1. The van der Waals surface area contributed by atoms with Crippen LogP contribution in [0.1, 0.15) is 25.8 Å². The number of morpholine rings is 1. The van der Waals surface area contributed by atoms with Gasteiger partial charge in [0, 0.05) is 13.1 Å². The van der Waals surface area contributed by atoms with Crippen LogP contribution in [0.15, 0.2) is 36.7 Å². The van der Waals surface area contributed by atoms with Gasteiger partial charge in [0.25, 0.3) is 0 Å². The summed E-state index contributed by atoms with van der Waals surface area (Å²) in [6, 6.07) is 9.80. The lowest BCUT2D eigenvalue weighted by Crippen LogP contribution is -2.49. The Morgan fingerprint density at radius 1 is 1.18 bits per heavy atom. The van der Waals surface area contributed by atoms with Crippen molar-refractivity contribution in [2.45, 2.75) is 32.9 Å². The summed E-state index contributed by atoms with van der Waals surface area (Å²) in [5.74, 6) is 2.02. The van der Waals surface area contributed by atoms with Crippen LogP contribution in [-0.2, 0) is 16.1 Å². The zero-order chi connectivity index (χ0) is 19.5. The van der Waals surface area contributed by atoms with Gasteiger partial charge >= 0.3 is 0 Å². The molecule has 0 spiro atoms. The van der Waals surface area contributed by atoms with Gasteiger partial charge in [0.1, 0.15) is 18.1 Å². The molecular weight excluding hydrogens is 354 g/mol. The van der Waals surface area contributed by atoms with Gasteiger partial charge in [-0.25, -0.2) is 9.97 Å². The van der Waals surface area contributed by atoms with Gasteiger partial charge in [0.05, 0.1) is 19.8 Å². The number of nitrogens with one attached hydrogen (secondary N) is 1. The Morgan fingerprint density at radius 2 is 1.93 bits per heavy atom. The number of ether oxygens (including phenoxy) is 1. The van der Waals surface area contributed by atoms with Gasteiger partial charge in [-0.3, -0.25) is 9.69 Å². The quantitative estimate of drug-likeness (QED) is 0.859. The molecule has 7 heteroatoms. The lowest BCUT2D eigenvalue weighted by molar-refractivity contribution is -0.120. The van der Waals surface area contributed by atoms with E-state index in [4.69, 9.17) is 4.74 Å². The number of carbonyl (C=O) groups excluding carboxylic acids is 1. The number of aromatic nitrogens is 2. The number of amides is 1. The minimum Gasteiger partial charge on any atom is -0.378 e. The molecule has 1 N–H and O–H groups in total. The predicted octanol–water partition coefficient (Wildman–Crippen LogP) is 2.69. The lowest BCUT2D eigenvalue weighted by atomic mass is 10.00. The highest BCUT2D eigenvalue weighted by atomic mass is 16.5. The zero-order valence-electron chi connectivity index (χ0n) is 16.5. The first kappa shape index (κ1) is 18.7. The lowest BCUT2D eigenvalue weighted by Gasteiger charge is -2.38. The highest BCUT2D eigenvalue weighted by Gasteiger charge is 2.37. The highest BCUT2D eigenvalue weighted by molar-refractivity contribution is 6.06. The van der Waals surface area contributed by atoms with Crippen LogP contribution in [0.4, 0.5) is 17.3 Å². The molecule has 2 aliphatic heterocycles. The number of hydrogen-bond donors (Lipinski definition) is 1. The largest absolute Gasteiger partial charge is 0.378 e. The minimum absolute atomic E-state index is 0.0781. The molecule has 1 fully saturated rings. The van der Waals surface area contributed by atoms with Crippen LogP contribution in [0, 0.1) is 5.92 Å². The first-order chi connectivity index (χ1) is 13.6. The summed E-state index contributed by atoms with van der Waals surface area (Å²) in [6.07, 6.45) is 2.35. The molecule has 2 aliphatic rings. The number of fused-ring (bicyclic) bond motifs is 1. The van der Waals surface area contributed by atoms with Crippen LogP contribution in [0.3, 0.4) is 0 Å². The van der Waals surface area contributed by atoms with Crippen LogP contribution in [0.25, 0.3) is 0 Å². The number of anilines is 3. The van der Waals surface area contributed by atoms with Gasteiger partial charge in [-0.2, -0.15) is 0 Å². The third-order valence-corrected chi connectivity index (χ3v) is 5.15.